The van der Waals surface area contributed by atoms with Crippen LogP contribution in [0.2, 0.25) is 0 Å². The minimum absolute atomic E-state index is 0.0802. The number of carbonyl (C=O) groups is 2. The fourth-order valence-electron chi connectivity index (χ4n) is 5.70. The first-order chi connectivity index (χ1) is 20.5. The van der Waals surface area contributed by atoms with E-state index in [4.69, 9.17) is 20.3 Å². The van der Waals surface area contributed by atoms with Gasteiger partial charge in [-0.05, 0) is 19.8 Å². The number of aliphatic hydroxyl groups is 5. The molecule has 10 atom stereocenters. The van der Waals surface area contributed by atoms with Crippen LogP contribution in [0.25, 0.3) is 0 Å². The first kappa shape index (κ1) is 37.3. The van der Waals surface area contributed by atoms with E-state index in [1.54, 1.807) is 6.92 Å². The smallest absolute Gasteiger partial charge is 0.370 e. The third kappa shape index (κ3) is 12.2. The molecule has 0 aromatic heterocycles. The molecule has 2 aliphatic rings. The number of carboxylic acid groups (broad SMARTS) is 1. The summed E-state index contributed by atoms with van der Waals surface area (Å²) < 4.78 is 11.7. The van der Waals surface area contributed by atoms with E-state index < -0.39 is 72.9 Å². The van der Waals surface area contributed by atoms with Crippen LogP contribution in [0, 0.1) is 0 Å². The van der Waals surface area contributed by atoms with Gasteiger partial charge in [-0.3, -0.25) is 9.79 Å². The number of hydrogen-bond acceptors (Lipinski definition) is 10. The number of nitrogens with one attached hydrogen (secondary N) is 1. The molecule has 0 aromatic rings. The normalized spacial score (nSPS) is 33.3. The summed E-state index contributed by atoms with van der Waals surface area (Å²) in [4.78, 5) is 28.1. The molecule has 2 rings (SSSR count). The van der Waals surface area contributed by atoms with Crippen LogP contribution in [-0.4, -0.2) is 109 Å². The Kier molecular flexibility index (Phi) is 16.9. The van der Waals surface area contributed by atoms with Crippen molar-refractivity contribution in [2.24, 2.45) is 10.7 Å². The number of amides is 1. The topological polar surface area (TPSA) is 224 Å². The number of unbranched alkanes of at least 4 members (excludes halogenated alkanes) is 12. The fourth-order valence-corrected chi connectivity index (χ4v) is 5.70. The Morgan fingerprint density at radius 2 is 1.28 bits per heavy atom. The number of nitrogens with two attached hydrogens (primary N) is 1. The molecular formula is C30H55N3O10. The van der Waals surface area contributed by atoms with Gasteiger partial charge in [0.1, 0.15) is 36.6 Å². The van der Waals surface area contributed by atoms with E-state index in [9.17, 15) is 35.1 Å². The number of aliphatic imine (C=N–C) groups is 1. The van der Waals surface area contributed by atoms with Crippen molar-refractivity contribution in [1.29, 1.82) is 0 Å². The number of carbonyl (C=O) groups excluding carboxylic acids is 1. The van der Waals surface area contributed by atoms with Crippen molar-refractivity contribution in [2.45, 2.75) is 171 Å². The minimum Gasteiger partial charge on any atom is -0.475 e. The lowest BCUT2D eigenvalue weighted by Gasteiger charge is -2.45. The van der Waals surface area contributed by atoms with Crippen molar-refractivity contribution in [3.8, 4) is 0 Å². The van der Waals surface area contributed by atoms with Crippen molar-refractivity contribution in [1.82, 2.24) is 5.32 Å². The van der Waals surface area contributed by atoms with E-state index >= 15 is 0 Å². The van der Waals surface area contributed by atoms with Gasteiger partial charge < -0.3 is 51.2 Å². The average molecular weight is 618 g/mol. The Hall–Kier alpha value is -1.87. The Labute approximate surface area is 254 Å². The summed E-state index contributed by atoms with van der Waals surface area (Å²) in [7, 11) is 0. The average Bonchev–Trinajstić information content (AvgIpc) is 2.97. The zero-order chi connectivity index (χ0) is 31.9. The summed E-state index contributed by atoms with van der Waals surface area (Å²) >= 11 is 0. The van der Waals surface area contributed by atoms with Gasteiger partial charge in [0, 0.05) is 6.42 Å². The summed E-state index contributed by atoms with van der Waals surface area (Å²) in [5.41, 5.74) is 5.51. The molecule has 1 saturated heterocycles. The van der Waals surface area contributed by atoms with Crippen molar-refractivity contribution >= 4 is 17.7 Å². The highest BCUT2D eigenvalue weighted by Gasteiger charge is 2.51. The second-order valence-corrected chi connectivity index (χ2v) is 12.1. The molecule has 9 N–H and O–H groups in total. The molecule has 0 spiro atoms. The molecule has 3 unspecified atom stereocenters. The Morgan fingerprint density at radius 1 is 0.814 bits per heavy atom. The SMILES string of the molecule is CCCCCCCCCCCCCCCC(=O)N[C@H]1C[C@H](N=C(N)C(=O)O)[C@@H](C)O[C@@H]1OC1[C@H](O)C(O)C(O)[C@@H](O)[C@@H]1O. The Balaban J connectivity index is 1.87. The summed E-state index contributed by atoms with van der Waals surface area (Å²) in [6, 6.07) is -1.61. The molecule has 0 bridgehead atoms. The Bertz CT molecular complexity index is 846. The lowest BCUT2D eigenvalue weighted by Crippen LogP contribution is -2.66. The van der Waals surface area contributed by atoms with E-state index in [1.165, 1.54) is 57.8 Å². The van der Waals surface area contributed by atoms with E-state index in [0.717, 1.165) is 19.3 Å². The lowest BCUT2D eigenvalue weighted by atomic mass is 9.84. The predicted octanol–water partition coefficient (Wildman–Crippen LogP) is 1.10. The van der Waals surface area contributed by atoms with Gasteiger partial charge in [-0.2, -0.15) is 0 Å². The van der Waals surface area contributed by atoms with E-state index in [0.29, 0.717) is 6.42 Å². The van der Waals surface area contributed by atoms with Crippen LogP contribution in [-0.2, 0) is 19.1 Å². The number of aliphatic hydroxyl groups excluding tert-OH is 5. The first-order valence-electron chi connectivity index (χ1n) is 16.0. The van der Waals surface area contributed by atoms with Crippen molar-refractivity contribution in [3.05, 3.63) is 0 Å². The number of hydrogen-bond donors (Lipinski definition) is 8. The van der Waals surface area contributed by atoms with Crippen LogP contribution in [0.3, 0.4) is 0 Å². The van der Waals surface area contributed by atoms with Gasteiger partial charge >= 0.3 is 5.97 Å². The zero-order valence-corrected chi connectivity index (χ0v) is 25.7. The van der Waals surface area contributed by atoms with Crippen LogP contribution in [0.4, 0.5) is 0 Å². The van der Waals surface area contributed by atoms with E-state index in [-0.39, 0.29) is 18.7 Å². The molecule has 13 nitrogen and oxygen atoms in total. The predicted molar refractivity (Wildman–Crippen MR) is 159 cm³/mol. The highest BCUT2D eigenvalue weighted by atomic mass is 16.7. The van der Waals surface area contributed by atoms with Gasteiger partial charge in [-0.25, -0.2) is 4.79 Å². The van der Waals surface area contributed by atoms with E-state index in [1.807, 2.05) is 0 Å². The minimum atomic E-state index is -1.79. The standard InChI is InChI=1S/C30H55N3O10/c1-3-4-5-6-7-8-9-10-11-12-13-14-15-16-21(34)32-20-17-19(33-28(31)29(40)41)18(2)42-30(20)43-27-25(38)23(36)22(35)24(37)26(27)39/h18-20,22-27,30,35-39H,3-17H2,1-2H3,(H2,31,33)(H,32,34)(H,40,41)/t18-,19+,20+,22?,23-,24?,25+,26-,27?,30-/m1/s1. The molecule has 13 heteroatoms. The molecule has 1 aliphatic carbocycles. The van der Waals surface area contributed by atoms with Gasteiger partial charge in [0.25, 0.3) is 0 Å². The molecule has 2 fully saturated rings. The van der Waals surface area contributed by atoms with Gasteiger partial charge in [-0.1, -0.05) is 84.0 Å². The molecule has 250 valence electrons. The highest BCUT2D eigenvalue weighted by Crippen LogP contribution is 2.30. The van der Waals surface area contributed by atoms with Crippen molar-refractivity contribution in [3.63, 3.8) is 0 Å². The quantitative estimate of drug-likeness (QED) is 0.0617. The van der Waals surface area contributed by atoms with E-state index in [2.05, 4.69) is 17.2 Å². The second-order valence-electron chi connectivity index (χ2n) is 12.1. The number of amidine groups is 1. The van der Waals surface area contributed by atoms with Crippen molar-refractivity contribution in [2.75, 3.05) is 0 Å². The van der Waals surface area contributed by atoms with Crippen molar-refractivity contribution < 1.29 is 49.7 Å². The zero-order valence-electron chi connectivity index (χ0n) is 25.7. The summed E-state index contributed by atoms with van der Waals surface area (Å²) in [5.74, 6) is -2.30. The van der Waals surface area contributed by atoms with Gasteiger partial charge in [0.05, 0.1) is 18.2 Å². The molecule has 1 amide bonds. The molecule has 43 heavy (non-hydrogen) atoms. The number of nitrogens with zero attached hydrogens (tertiary/aromatic N) is 1. The third-order valence-electron chi connectivity index (χ3n) is 8.46. The molecular weight excluding hydrogens is 562 g/mol. The molecule has 1 saturated carbocycles. The summed E-state index contributed by atoms with van der Waals surface area (Å²) in [5, 5.41) is 62.9. The molecule has 0 radical (unpaired) electrons. The number of carboxylic acids is 1. The van der Waals surface area contributed by atoms with Gasteiger partial charge in [-0.15, -0.1) is 0 Å². The lowest BCUT2D eigenvalue weighted by molar-refractivity contribution is -0.295. The van der Waals surface area contributed by atoms with Gasteiger partial charge in [0.15, 0.2) is 6.29 Å². The van der Waals surface area contributed by atoms with Crippen LogP contribution < -0.4 is 11.1 Å². The van der Waals surface area contributed by atoms with Gasteiger partial charge in [0.2, 0.25) is 11.7 Å². The maximum atomic E-state index is 12.9. The first-order valence-corrected chi connectivity index (χ1v) is 16.0. The van der Waals surface area contributed by atoms with Crippen LogP contribution in [0.15, 0.2) is 4.99 Å². The molecule has 0 aromatic carbocycles. The summed E-state index contributed by atoms with van der Waals surface area (Å²) in [6.07, 6.45) is 3.29. The highest BCUT2D eigenvalue weighted by molar-refractivity contribution is 6.33. The van der Waals surface area contributed by atoms with Crippen LogP contribution in [0.1, 0.15) is 110 Å². The van der Waals surface area contributed by atoms with Crippen LogP contribution in [0.5, 0.6) is 0 Å². The summed E-state index contributed by atoms with van der Waals surface area (Å²) in [6.45, 7) is 3.83. The monoisotopic (exact) mass is 617 g/mol. The third-order valence-corrected chi connectivity index (χ3v) is 8.46. The largest absolute Gasteiger partial charge is 0.475 e. The Morgan fingerprint density at radius 3 is 1.77 bits per heavy atom. The van der Waals surface area contributed by atoms with Crippen LogP contribution >= 0.6 is 0 Å². The maximum Gasteiger partial charge on any atom is 0.370 e. The number of rotatable bonds is 18. The number of aliphatic carboxylic acids is 1. The number of ether oxygens (including phenoxy) is 2. The molecule has 1 aliphatic heterocycles. The second kappa shape index (κ2) is 19.5. The fraction of sp³-hybridized carbons (Fsp3) is 0.900. The maximum absolute atomic E-state index is 12.9. The molecule has 1 heterocycles.